The van der Waals surface area contributed by atoms with Crippen molar-refractivity contribution in [1.29, 1.82) is 0 Å². The number of aromatic nitrogens is 3. The largest absolute Gasteiger partial charge is 0.370 e. The number of benzene rings is 1. The molecule has 3 aromatic rings. The molecule has 8 heteroatoms. The number of rotatable bonds is 3. The van der Waals surface area contributed by atoms with Gasteiger partial charge < -0.3 is 9.64 Å². The van der Waals surface area contributed by atoms with Crippen molar-refractivity contribution >= 4 is 50.9 Å². The molecule has 25 heavy (non-hydrogen) atoms. The predicted octanol–water partition coefficient (Wildman–Crippen LogP) is 4.43. The van der Waals surface area contributed by atoms with E-state index in [1.54, 1.807) is 29.4 Å². The molecule has 0 bridgehead atoms. The minimum atomic E-state index is -0.0344. The van der Waals surface area contributed by atoms with Gasteiger partial charge in [0.05, 0.1) is 19.2 Å². The lowest BCUT2D eigenvalue weighted by atomic mass is 10.1. The fourth-order valence-electron chi connectivity index (χ4n) is 2.98. The van der Waals surface area contributed by atoms with E-state index in [0.29, 0.717) is 6.61 Å². The molecular weight excluding hydrogens is 376 g/mol. The van der Waals surface area contributed by atoms with Crippen LogP contribution in [0.5, 0.6) is 0 Å². The van der Waals surface area contributed by atoms with Crippen molar-refractivity contribution < 1.29 is 4.74 Å². The van der Waals surface area contributed by atoms with Crippen molar-refractivity contribution in [3.05, 3.63) is 41.2 Å². The molecule has 2 unspecified atom stereocenters. The maximum Gasteiger partial charge on any atom is 0.176 e. The maximum absolute atomic E-state index is 6.14. The lowest BCUT2D eigenvalue weighted by molar-refractivity contribution is 0.0214. The molecule has 1 saturated heterocycles. The van der Waals surface area contributed by atoms with E-state index in [-0.39, 0.29) is 12.1 Å². The summed E-state index contributed by atoms with van der Waals surface area (Å²) in [4.78, 5) is 15.7. The van der Waals surface area contributed by atoms with Crippen molar-refractivity contribution in [2.75, 3.05) is 24.3 Å². The van der Waals surface area contributed by atoms with Crippen LogP contribution < -0.4 is 4.90 Å². The summed E-state index contributed by atoms with van der Waals surface area (Å²) in [6, 6.07) is 8.09. The van der Waals surface area contributed by atoms with E-state index in [0.717, 1.165) is 37.6 Å². The first-order valence-electron chi connectivity index (χ1n) is 7.95. The number of thioether (sulfide) groups is 1. The van der Waals surface area contributed by atoms with E-state index >= 15 is 0 Å². The highest BCUT2D eigenvalue weighted by Crippen LogP contribution is 2.36. The van der Waals surface area contributed by atoms with Crippen LogP contribution in [0.4, 0.5) is 5.82 Å². The Kier molecular flexibility index (Phi) is 4.82. The first-order valence-corrected chi connectivity index (χ1v) is 10.4. The van der Waals surface area contributed by atoms with Gasteiger partial charge in [-0.2, -0.15) is 0 Å². The van der Waals surface area contributed by atoms with Gasteiger partial charge in [0, 0.05) is 5.02 Å². The molecule has 1 fully saturated rings. The van der Waals surface area contributed by atoms with E-state index in [1.165, 1.54) is 0 Å². The Morgan fingerprint density at radius 1 is 1.36 bits per heavy atom. The summed E-state index contributed by atoms with van der Waals surface area (Å²) in [5.74, 6) is 0.936. The van der Waals surface area contributed by atoms with Crippen LogP contribution in [0.15, 0.2) is 34.9 Å². The number of morpholine rings is 1. The molecule has 0 amide bonds. The third kappa shape index (κ3) is 3.33. The second kappa shape index (κ2) is 7.07. The number of halogens is 1. The molecule has 2 aromatic heterocycles. The summed E-state index contributed by atoms with van der Waals surface area (Å²) in [5, 5.41) is 0.725. The van der Waals surface area contributed by atoms with Crippen molar-refractivity contribution in [2.45, 2.75) is 23.4 Å². The standard InChI is InChI=1S/C17H17ClN4OS2/c1-10-8-23-13(11-4-3-5-12(18)6-11)7-22(10)16-14-15(19-9-20-16)21-17(24-2)25-14/h3-6,9-10,13H,7-8H2,1-2H3. The third-order valence-corrected chi connectivity index (χ3v) is 6.51. The fourth-order valence-corrected chi connectivity index (χ4v) is 4.69. The first kappa shape index (κ1) is 17.0. The SMILES string of the molecule is CSc1nc2ncnc(N3CC(c4cccc(Cl)c4)OCC3C)c2s1. The lowest BCUT2D eigenvalue weighted by Crippen LogP contribution is -2.45. The Bertz CT molecular complexity index is 903. The Morgan fingerprint density at radius 2 is 2.24 bits per heavy atom. The monoisotopic (exact) mass is 392 g/mol. The Morgan fingerprint density at radius 3 is 3.04 bits per heavy atom. The number of ether oxygens (including phenoxy) is 1. The zero-order valence-electron chi connectivity index (χ0n) is 13.8. The zero-order valence-corrected chi connectivity index (χ0v) is 16.2. The summed E-state index contributed by atoms with van der Waals surface area (Å²) >= 11 is 9.42. The van der Waals surface area contributed by atoms with Crippen LogP contribution in [-0.2, 0) is 4.74 Å². The van der Waals surface area contributed by atoms with Gasteiger partial charge in [0.1, 0.15) is 17.1 Å². The van der Waals surface area contributed by atoms with Crippen molar-refractivity contribution in [2.24, 2.45) is 0 Å². The van der Waals surface area contributed by atoms with Gasteiger partial charge in [0.15, 0.2) is 15.8 Å². The smallest absolute Gasteiger partial charge is 0.176 e. The van der Waals surface area contributed by atoms with Crippen molar-refractivity contribution in [3.63, 3.8) is 0 Å². The van der Waals surface area contributed by atoms with Crippen LogP contribution in [0.2, 0.25) is 5.02 Å². The van der Waals surface area contributed by atoms with E-state index in [9.17, 15) is 0 Å². The molecule has 130 valence electrons. The van der Waals surface area contributed by atoms with Crippen LogP contribution >= 0.6 is 34.7 Å². The number of anilines is 1. The summed E-state index contributed by atoms with van der Waals surface area (Å²) in [5.41, 5.74) is 1.85. The van der Waals surface area contributed by atoms with Crippen LogP contribution in [-0.4, -0.2) is 40.4 Å². The number of hydrogen-bond donors (Lipinski definition) is 0. The van der Waals surface area contributed by atoms with Gasteiger partial charge in [-0.1, -0.05) is 35.5 Å². The van der Waals surface area contributed by atoms with E-state index in [2.05, 4.69) is 32.8 Å². The molecule has 0 spiro atoms. The minimum absolute atomic E-state index is 0.0344. The normalized spacial score (nSPS) is 21.0. The summed E-state index contributed by atoms with van der Waals surface area (Å²) in [7, 11) is 0. The highest BCUT2D eigenvalue weighted by Gasteiger charge is 2.30. The van der Waals surface area contributed by atoms with Gasteiger partial charge in [-0.15, -0.1) is 11.3 Å². The molecule has 1 aliphatic rings. The zero-order chi connectivity index (χ0) is 17.4. The van der Waals surface area contributed by atoms with Gasteiger partial charge in [0.25, 0.3) is 0 Å². The lowest BCUT2D eigenvalue weighted by Gasteiger charge is -2.39. The van der Waals surface area contributed by atoms with Gasteiger partial charge >= 0.3 is 0 Å². The molecule has 0 N–H and O–H groups in total. The molecular formula is C17H17ClN4OS2. The molecule has 5 nitrogen and oxygen atoms in total. The minimum Gasteiger partial charge on any atom is -0.370 e. The molecule has 0 saturated carbocycles. The Hall–Kier alpha value is -1.41. The average molecular weight is 393 g/mol. The van der Waals surface area contributed by atoms with Gasteiger partial charge in [0.2, 0.25) is 0 Å². The predicted molar refractivity (Wildman–Crippen MR) is 104 cm³/mol. The van der Waals surface area contributed by atoms with Gasteiger partial charge in [-0.3, -0.25) is 0 Å². The number of hydrogen-bond acceptors (Lipinski definition) is 7. The summed E-state index contributed by atoms with van der Waals surface area (Å²) in [6.45, 7) is 3.51. The molecule has 1 aliphatic heterocycles. The first-order chi connectivity index (χ1) is 12.2. The third-order valence-electron chi connectivity index (χ3n) is 4.25. The Labute approximate surface area is 159 Å². The number of thiazole rings is 1. The van der Waals surface area contributed by atoms with E-state index in [4.69, 9.17) is 16.3 Å². The number of fused-ring (bicyclic) bond motifs is 1. The summed E-state index contributed by atoms with van der Waals surface area (Å²) < 4.78 is 8.10. The topological polar surface area (TPSA) is 51.1 Å². The number of nitrogens with zero attached hydrogens (tertiary/aromatic N) is 4. The fraction of sp³-hybridized carbons (Fsp3) is 0.353. The molecule has 1 aromatic carbocycles. The molecule has 0 aliphatic carbocycles. The van der Waals surface area contributed by atoms with Crippen LogP contribution in [0.3, 0.4) is 0 Å². The van der Waals surface area contributed by atoms with Crippen LogP contribution in [0, 0.1) is 0 Å². The molecule has 0 radical (unpaired) electrons. The van der Waals surface area contributed by atoms with Gasteiger partial charge in [-0.25, -0.2) is 15.0 Å². The van der Waals surface area contributed by atoms with Crippen LogP contribution in [0.25, 0.3) is 10.3 Å². The second-order valence-electron chi connectivity index (χ2n) is 5.91. The highest BCUT2D eigenvalue weighted by atomic mass is 35.5. The van der Waals surface area contributed by atoms with E-state index < -0.39 is 0 Å². The molecule has 2 atom stereocenters. The molecule has 3 heterocycles. The molecule has 4 rings (SSSR count). The second-order valence-corrected chi connectivity index (χ2v) is 8.40. The van der Waals surface area contributed by atoms with Crippen molar-refractivity contribution in [1.82, 2.24) is 15.0 Å². The van der Waals surface area contributed by atoms with Crippen LogP contribution in [0.1, 0.15) is 18.6 Å². The maximum atomic E-state index is 6.14. The van der Waals surface area contributed by atoms with Gasteiger partial charge in [-0.05, 0) is 30.9 Å². The average Bonchev–Trinajstić information content (AvgIpc) is 3.05. The van der Waals surface area contributed by atoms with E-state index in [1.807, 2.05) is 24.5 Å². The highest BCUT2D eigenvalue weighted by molar-refractivity contribution is 8.00. The summed E-state index contributed by atoms with van der Waals surface area (Å²) in [6.07, 6.45) is 3.59. The van der Waals surface area contributed by atoms with Crippen molar-refractivity contribution in [3.8, 4) is 0 Å². The Balaban J connectivity index is 1.70. The quantitative estimate of drug-likeness (QED) is 0.614.